The number of thioether (sulfide) groups is 1. The van der Waals surface area contributed by atoms with Crippen molar-refractivity contribution in [2.75, 3.05) is 12.4 Å². The van der Waals surface area contributed by atoms with Gasteiger partial charge in [0.2, 0.25) is 0 Å². The van der Waals surface area contributed by atoms with Gasteiger partial charge in [-0.25, -0.2) is 17.2 Å². The number of halogens is 2. The summed E-state index contributed by atoms with van der Waals surface area (Å²) in [6.07, 6.45) is 1.46. The zero-order chi connectivity index (χ0) is 25.3. The molecular weight excluding hydrogens is 502 g/mol. The molecule has 8 nitrogen and oxygen atoms in total. The van der Waals surface area contributed by atoms with Crippen LogP contribution in [0.25, 0.3) is 6.08 Å². The van der Waals surface area contributed by atoms with Crippen LogP contribution in [0.5, 0.6) is 5.75 Å². The quantitative estimate of drug-likeness (QED) is 0.279. The number of carbonyl (C=O) groups excluding carboxylic acids is 1. The van der Waals surface area contributed by atoms with E-state index in [9.17, 15) is 32.1 Å². The highest BCUT2D eigenvalue weighted by Crippen LogP contribution is 2.41. The molecule has 0 saturated carbocycles. The van der Waals surface area contributed by atoms with Crippen LogP contribution in [0.15, 0.2) is 69.3 Å². The molecule has 1 N–H and O–H groups in total. The average Bonchev–Trinajstić information content (AvgIpc) is 2.81. The van der Waals surface area contributed by atoms with Crippen LogP contribution in [0, 0.1) is 21.7 Å². The highest BCUT2D eigenvalue weighted by Gasteiger charge is 2.26. The Balaban J connectivity index is 1.62. The lowest BCUT2D eigenvalue weighted by Gasteiger charge is -2.19. The van der Waals surface area contributed by atoms with Crippen LogP contribution in [0.1, 0.15) is 11.1 Å². The van der Waals surface area contributed by atoms with Gasteiger partial charge in [0, 0.05) is 16.5 Å². The summed E-state index contributed by atoms with van der Waals surface area (Å²) in [5.41, 5.74) is -0.218. The number of hydrogen-bond donors (Lipinski definition) is 1. The molecule has 1 aliphatic rings. The van der Waals surface area contributed by atoms with E-state index in [0.717, 1.165) is 30.0 Å². The summed E-state index contributed by atoms with van der Waals surface area (Å²) < 4.78 is 58.4. The number of carbonyl (C=O) groups is 1. The normalized spacial score (nSPS) is 14.4. The number of methoxy groups -OCH3 is 1. The second-order valence-corrected chi connectivity index (χ2v) is 10.4. The molecule has 3 aromatic carbocycles. The third-order valence-corrected chi connectivity index (χ3v) is 7.84. The van der Waals surface area contributed by atoms with Crippen molar-refractivity contribution >= 4 is 45.0 Å². The molecule has 12 heteroatoms. The number of amides is 1. The van der Waals surface area contributed by atoms with E-state index in [-0.39, 0.29) is 26.9 Å². The van der Waals surface area contributed by atoms with Gasteiger partial charge in [0.05, 0.1) is 33.3 Å². The molecule has 0 saturated heterocycles. The predicted molar refractivity (Wildman–Crippen MR) is 126 cm³/mol. The first-order valence-corrected chi connectivity index (χ1v) is 12.4. The van der Waals surface area contributed by atoms with E-state index >= 15 is 0 Å². The third-order valence-electron chi connectivity index (χ3n) is 5.10. The van der Waals surface area contributed by atoms with Crippen molar-refractivity contribution in [3.63, 3.8) is 0 Å². The van der Waals surface area contributed by atoms with Crippen molar-refractivity contribution in [1.29, 1.82) is 0 Å². The van der Waals surface area contributed by atoms with Crippen molar-refractivity contribution in [3.8, 4) is 5.75 Å². The Morgan fingerprint density at radius 1 is 1.11 bits per heavy atom. The van der Waals surface area contributed by atoms with Crippen molar-refractivity contribution in [1.82, 2.24) is 0 Å². The maximum absolute atomic E-state index is 13.9. The Bertz CT molecular complexity index is 1490. The highest BCUT2D eigenvalue weighted by atomic mass is 32.2. The topological polar surface area (TPSA) is 116 Å². The van der Waals surface area contributed by atoms with Crippen LogP contribution in [-0.2, 0) is 20.4 Å². The predicted octanol–water partition coefficient (Wildman–Crippen LogP) is 4.94. The lowest BCUT2D eigenvalue weighted by molar-refractivity contribution is -0.385. The minimum atomic E-state index is -4.12. The number of anilines is 1. The lowest BCUT2D eigenvalue weighted by atomic mass is 10.1. The first kappa shape index (κ1) is 24.4. The molecule has 0 atom stereocenters. The number of nitro groups is 1. The highest BCUT2D eigenvalue weighted by molar-refractivity contribution is 8.04. The SMILES string of the molecule is COc1ccc(/C=C2/Sc3ccc(S(=O)(=O)Cc4c(F)cccc4F)cc3NC2=O)cc1[N+](=O)[O-]. The number of hydrogen-bond acceptors (Lipinski definition) is 7. The monoisotopic (exact) mass is 518 g/mol. The smallest absolute Gasteiger partial charge is 0.311 e. The molecule has 1 amide bonds. The Labute approximate surface area is 202 Å². The number of nitrogens with zero attached hydrogens (tertiary/aromatic N) is 1. The van der Waals surface area contributed by atoms with Crippen LogP contribution in [-0.4, -0.2) is 26.4 Å². The van der Waals surface area contributed by atoms with E-state index in [1.807, 2.05) is 0 Å². The summed E-state index contributed by atoms with van der Waals surface area (Å²) in [6, 6.07) is 11.3. The van der Waals surface area contributed by atoms with E-state index < -0.39 is 43.6 Å². The van der Waals surface area contributed by atoms with Gasteiger partial charge in [0.25, 0.3) is 5.91 Å². The van der Waals surface area contributed by atoms with Crippen LogP contribution >= 0.6 is 11.8 Å². The fourth-order valence-corrected chi connectivity index (χ4v) is 5.69. The van der Waals surface area contributed by atoms with E-state index in [0.29, 0.717) is 10.5 Å². The summed E-state index contributed by atoms with van der Waals surface area (Å²) in [5, 5.41) is 13.8. The second-order valence-electron chi connectivity index (χ2n) is 7.37. The number of ether oxygens (including phenoxy) is 1. The Hall–Kier alpha value is -3.77. The van der Waals surface area contributed by atoms with Gasteiger partial charge in [-0.05, 0) is 48.0 Å². The largest absolute Gasteiger partial charge is 0.490 e. The summed E-state index contributed by atoms with van der Waals surface area (Å²) in [7, 11) is -2.81. The zero-order valence-electron chi connectivity index (χ0n) is 17.9. The van der Waals surface area contributed by atoms with Gasteiger partial charge in [-0.1, -0.05) is 23.9 Å². The molecule has 180 valence electrons. The van der Waals surface area contributed by atoms with Crippen molar-refractivity contribution < 1.29 is 31.7 Å². The summed E-state index contributed by atoms with van der Waals surface area (Å²) in [5.74, 6) is -3.29. The summed E-state index contributed by atoms with van der Waals surface area (Å²) >= 11 is 1.05. The van der Waals surface area contributed by atoms with Crippen LogP contribution < -0.4 is 10.1 Å². The van der Waals surface area contributed by atoms with Gasteiger partial charge >= 0.3 is 5.69 Å². The molecule has 0 aromatic heterocycles. The standard InChI is InChI=1S/C23H16F2N2O6S2/c1-33-20-7-5-13(9-19(20)27(29)30)10-22-23(28)26-18-11-14(6-8-21(18)34-22)35(31,32)12-15-16(24)3-2-4-17(15)25/h2-11H,12H2,1H3,(H,26,28)/b22-10+. The third kappa shape index (κ3) is 5.03. The van der Waals surface area contributed by atoms with E-state index in [4.69, 9.17) is 4.74 Å². The van der Waals surface area contributed by atoms with Crippen LogP contribution in [0.2, 0.25) is 0 Å². The van der Waals surface area contributed by atoms with Crippen LogP contribution in [0.3, 0.4) is 0 Å². The molecule has 1 heterocycles. The molecule has 1 aliphatic heterocycles. The molecule has 4 rings (SSSR count). The number of benzene rings is 3. The number of nitro benzene ring substituents is 1. The number of rotatable bonds is 6. The molecule has 0 fully saturated rings. The van der Waals surface area contributed by atoms with Gasteiger partial charge in [-0.15, -0.1) is 0 Å². The minimum absolute atomic E-state index is 0.0762. The fraction of sp³-hybridized carbons (Fsp3) is 0.0870. The molecule has 3 aromatic rings. The molecule has 35 heavy (non-hydrogen) atoms. The minimum Gasteiger partial charge on any atom is -0.490 e. The van der Waals surface area contributed by atoms with Crippen LogP contribution in [0.4, 0.5) is 20.2 Å². The molecule has 0 radical (unpaired) electrons. The van der Waals surface area contributed by atoms with Gasteiger partial charge in [0.1, 0.15) is 11.6 Å². The van der Waals surface area contributed by atoms with Gasteiger partial charge in [-0.2, -0.15) is 0 Å². The van der Waals surface area contributed by atoms with Gasteiger partial charge in [0.15, 0.2) is 15.6 Å². The maximum Gasteiger partial charge on any atom is 0.311 e. The van der Waals surface area contributed by atoms with Gasteiger partial charge < -0.3 is 10.1 Å². The number of nitrogens with one attached hydrogen (secondary N) is 1. The van der Waals surface area contributed by atoms with Crippen molar-refractivity contribution in [3.05, 3.63) is 92.4 Å². The molecule has 0 bridgehead atoms. The first-order chi connectivity index (χ1) is 16.6. The van der Waals surface area contributed by atoms with Gasteiger partial charge in [-0.3, -0.25) is 14.9 Å². The Morgan fingerprint density at radius 2 is 1.83 bits per heavy atom. The molecular formula is C23H16F2N2O6S2. The zero-order valence-corrected chi connectivity index (χ0v) is 19.6. The average molecular weight is 519 g/mol. The van der Waals surface area contributed by atoms with Crippen molar-refractivity contribution in [2.24, 2.45) is 0 Å². The summed E-state index contributed by atoms with van der Waals surface area (Å²) in [4.78, 5) is 23.8. The second kappa shape index (κ2) is 9.47. The lowest BCUT2D eigenvalue weighted by Crippen LogP contribution is -2.18. The molecule has 0 aliphatic carbocycles. The first-order valence-electron chi connectivity index (χ1n) is 9.92. The maximum atomic E-state index is 13.9. The Kier molecular flexibility index (Phi) is 6.59. The Morgan fingerprint density at radius 3 is 2.49 bits per heavy atom. The van der Waals surface area contributed by atoms with E-state index in [1.165, 1.54) is 43.5 Å². The van der Waals surface area contributed by atoms with Crippen molar-refractivity contribution in [2.45, 2.75) is 15.5 Å². The fourth-order valence-electron chi connectivity index (χ4n) is 3.37. The van der Waals surface area contributed by atoms with E-state index in [2.05, 4.69) is 5.32 Å². The summed E-state index contributed by atoms with van der Waals surface area (Å²) in [6.45, 7) is 0. The number of sulfone groups is 1. The number of fused-ring (bicyclic) bond motifs is 1. The molecule has 0 unspecified atom stereocenters. The molecule has 0 spiro atoms. The van der Waals surface area contributed by atoms with E-state index in [1.54, 1.807) is 6.07 Å².